The number of ether oxygens (including phenoxy) is 1. The van der Waals surface area contributed by atoms with Gasteiger partial charge in [0.25, 0.3) is 17.7 Å². The molecule has 0 spiro atoms. The van der Waals surface area contributed by atoms with Gasteiger partial charge in [0.2, 0.25) is 0 Å². The molecule has 1 fully saturated rings. The van der Waals surface area contributed by atoms with Crippen molar-refractivity contribution in [1.29, 1.82) is 0 Å². The summed E-state index contributed by atoms with van der Waals surface area (Å²) in [6.07, 6.45) is 1.91. The molecule has 4 rings (SSSR count). The van der Waals surface area contributed by atoms with Crippen LogP contribution in [0.15, 0.2) is 30.3 Å². The van der Waals surface area contributed by atoms with Crippen molar-refractivity contribution in [2.45, 2.75) is 30.9 Å². The summed E-state index contributed by atoms with van der Waals surface area (Å²) < 4.78 is 35.2. The van der Waals surface area contributed by atoms with Crippen molar-refractivity contribution in [3.8, 4) is 0 Å². The maximum absolute atomic E-state index is 14.8. The molecule has 1 saturated carbocycles. The van der Waals surface area contributed by atoms with E-state index < -0.39 is 36.9 Å². The van der Waals surface area contributed by atoms with Crippen molar-refractivity contribution >= 4 is 29.2 Å². The topological polar surface area (TPSA) is 110 Å². The quantitative estimate of drug-likeness (QED) is 0.563. The molecule has 11 heteroatoms. The highest BCUT2D eigenvalue weighted by atomic mass is 35.5. The molecule has 1 aliphatic carbocycles. The van der Waals surface area contributed by atoms with Crippen molar-refractivity contribution < 1.29 is 23.1 Å². The number of imide groups is 1. The van der Waals surface area contributed by atoms with Crippen molar-refractivity contribution in [1.82, 2.24) is 20.4 Å². The van der Waals surface area contributed by atoms with Crippen LogP contribution in [-0.4, -0.2) is 58.6 Å². The van der Waals surface area contributed by atoms with Crippen LogP contribution in [0.3, 0.4) is 0 Å². The number of nitrogen functional groups attached to an aromatic ring is 1. The number of hydrogen-bond acceptors (Lipinski definition) is 7. The lowest BCUT2D eigenvalue weighted by Crippen LogP contribution is -2.46. The van der Waals surface area contributed by atoms with Crippen LogP contribution in [0.4, 0.5) is 14.6 Å². The molecular weight excluding hydrogens is 432 g/mol. The number of alkyl halides is 2. The van der Waals surface area contributed by atoms with Gasteiger partial charge in [-0.1, -0.05) is 23.7 Å². The van der Waals surface area contributed by atoms with Crippen molar-refractivity contribution in [3.05, 3.63) is 52.2 Å². The summed E-state index contributed by atoms with van der Waals surface area (Å²) in [4.78, 5) is 25.4. The third kappa shape index (κ3) is 4.81. The second kappa shape index (κ2) is 8.45. The number of halogens is 3. The lowest BCUT2D eigenvalue weighted by Gasteiger charge is -2.26. The maximum atomic E-state index is 14.8. The van der Waals surface area contributed by atoms with Crippen molar-refractivity contribution in [2.75, 3.05) is 25.4 Å². The zero-order valence-electron chi connectivity index (χ0n) is 16.4. The molecule has 0 radical (unpaired) electrons. The predicted molar refractivity (Wildman–Crippen MR) is 108 cm³/mol. The minimum absolute atomic E-state index is 0.0229. The van der Waals surface area contributed by atoms with Gasteiger partial charge >= 0.3 is 0 Å². The fourth-order valence-corrected chi connectivity index (χ4v) is 3.54. The highest BCUT2D eigenvalue weighted by Gasteiger charge is 2.42. The van der Waals surface area contributed by atoms with Gasteiger partial charge in [-0.25, -0.2) is 8.78 Å². The zero-order chi connectivity index (χ0) is 22.2. The summed E-state index contributed by atoms with van der Waals surface area (Å²) in [5, 5.41) is 10.1. The smallest absolute Gasteiger partial charge is 0.278 e. The van der Waals surface area contributed by atoms with Gasteiger partial charge in [0, 0.05) is 5.56 Å². The second-order valence-corrected chi connectivity index (χ2v) is 7.94. The number of amides is 2. The van der Waals surface area contributed by atoms with E-state index in [1.165, 1.54) is 18.2 Å². The van der Waals surface area contributed by atoms with E-state index in [-0.39, 0.29) is 34.8 Å². The normalized spacial score (nSPS) is 17.2. The average molecular weight is 452 g/mol. The summed E-state index contributed by atoms with van der Waals surface area (Å²) in [5.74, 6) is -4.77. The Kier molecular flexibility index (Phi) is 5.87. The molecule has 164 valence electrons. The molecule has 0 unspecified atom stereocenters. The third-order valence-corrected chi connectivity index (χ3v) is 5.36. The number of nitrogens with two attached hydrogens (primary N) is 1. The molecule has 2 aromatic rings. The van der Waals surface area contributed by atoms with Gasteiger partial charge in [-0.3, -0.25) is 14.5 Å². The molecule has 0 saturated heterocycles. The van der Waals surface area contributed by atoms with Gasteiger partial charge < -0.3 is 15.8 Å². The Balaban J connectivity index is 1.45. The predicted octanol–water partition coefficient (Wildman–Crippen LogP) is 2.45. The van der Waals surface area contributed by atoms with Crippen LogP contribution in [-0.2, 0) is 4.74 Å². The van der Waals surface area contributed by atoms with E-state index in [2.05, 4.69) is 15.5 Å². The number of carbonyl (C=O) groups excluding carboxylic acids is 2. The van der Waals surface area contributed by atoms with Crippen LogP contribution in [0.2, 0.25) is 5.15 Å². The third-order valence-electron chi connectivity index (χ3n) is 5.07. The van der Waals surface area contributed by atoms with Crippen molar-refractivity contribution in [2.24, 2.45) is 0 Å². The number of aromatic nitrogens is 2. The summed E-state index contributed by atoms with van der Waals surface area (Å²) in [6, 6.07) is 6.77. The Morgan fingerprint density at radius 2 is 1.87 bits per heavy atom. The van der Waals surface area contributed by atoms with E-state index >= 15 is 0 Å². The van der Waals surface area contributed by atoms with Crippen LogP contribution in [0.25, 0.3) is 0 Å². The minimum Gasteiger partial charge on any atom is -0.382 e. The van der Waals surface area contributed by atoms with E-state index in [1.807, 2.05) is 0 Å². The first-order valence-electron chi connectivity index (χ1n) is 9.72. The van der Waals surface area contributed by atoms with Crippen LogP contribution < -0.4 is 11.1 Å². The largest absolute Gasteiger partial charge is 0.382 e. The fraction of sp³-hybridized carbons (Fsp3) is 0.400. The van der Waals surface area contributed by atoms with E-state index in [1.54, 1.807) is 12.1 Å². The lowest BCUT2D eigenvalue weighted by atomic mass is 10.1. The standard InChI is InChI=1S/C20H20ClF2N5O3/c21-17-14(7-16(24)26-27-17)15(8-31-11-5-6-11)25-9-20(22,23)10-28-18(29)12-3-1-2-4-13(12)19(28)30/h1-4,7,11,15,25H,5-6,8-10H2,(H2,24,26)/t15-/m1/s1. The first kappa shape index (κ1) is 21.5. The highest BCUT2D eigenvalue weighted by molar-refractivity contribution is 6.30. The number of nitrogens with one attached hydrogen (secondary N) is 1. The first-order chi connectivity index (χ1) is 14.7. The number of anilines is 1. The molecule has 8 nitrogen and oxygen atoms in total. The maximum Gasteiger partial charge on any atom is 0.278 e. The van der Waals surface area contributed by atoms with E-state index in [4.69, 9.17) is 22.1 Å². The van der Waals surface area contributed by atoms with E-state index in [0.29, 0.717) is 10.5 Å². The molecule has 2 amide bonds. The highest BCUT2D eigenvalue weighted by Crippen LogP contribution is 2.29. The summed E-state index contributed by atoms with van der Waals surface area (Å²) in [7, 11) is 0. The molecule has 0 bridgehead atoms. The Labute approximate surface area is 181 Å². The molecule has 2 heterocycles. The molecule has 1 aromatic carbocycles. The Hall–Kier alpha value is -2.69. The fourth-order valence-electron chi connectivity index (χ4n) is 3.32. The molecule has 3 N–H and O–H groups in total. The molecule has 31 heavy (non-hydrogen) atoms. The van der Waals surface area contributed by atoms with Gasteiger partial charge in [-0.15, -0.1) is 10.2 Å². The first-order valence-corrected chi connectivity index (χ1v) is 10.1. The monoisotopic (exact) mass is 451 g/mol. The van der Waals surface area contributed by atoms with E-state index in [9.17, 15) is 18.4 Å². The summed E-state index contributed by atoms with van der Waals surface area (Å²) in [5.41, 5.74) is 6.29. The molecule has 1 atom stereocenters. The van der Waals surface area contributed by atoms with Gasteiger partial charge in [0.15, 0.2) is 5.15 Å². The van der Waals surface area contributed by atoms with Gasteiger partial charge in [0.05, 0.1) is 43.0 Å². The number of nitrogens with zero attached hydrogens (tertiary/aromatic N) is 3. The number of rotatable bonds is 9. The van der Waals surface area contributed by atoms with Crippen molar-refractivity contribution in [3.63, 3.8) is 0 Å². The number of fused-ring (bicyclic) bond motifs is 1. The Morgan fingerprint density at radius 3 is 2.48 bits per heavy atom. The number of carbonyl (C=O) groups is 2. The second-order valence-electron chi connectivity index (χ2n) is 7.58. The molecule has 2 aliphatic rings. The molecule has 1 aromatic heterocycles. The SMILES string of the molecule is Nc1cc([C@@H](COC2CC2)NCC(F)(F)CN2C(=O)c3ccccc3C2=O)c(Cl)nn1. The number of hydrogen-bond donors (Lipinski definition) is 2. The van der Waals surface area contributed by atoms with E-state index in [0.717, 1.165) is 12.8 Å². The zero-order valence-corrected chi connectivity index (χ0v) is 17.1. The summed E-state index contributed by atoms with van der Waals surface area (Å²) >= 11 is 6.09. The lowest BCUT2D eigenvalue weighted by molar-refractivity contribution is -0.0258. The van der Waals surface area contributed by atoms with Gasteiger partial charge in [-0.2, -0.15) is 0 Å². The minimum atomic E-state index is -3.40. The van der Waals surface area contributed by atoms with Crippen LogP contribution in [0.5, 0.6) is 0 Å². The van der Waals surface area contributed by atoms with Gasteiger partial charge in [0.1, 0.15) is 5.82 Å². The van der Waals surface area contributed by atoms with Crippen LogP contribution in [0.1, 0.15) is 45.2 Å². The van der Waals surface area contributed by atoms with Crippen LogP contribution >= 0.6 is 11.6 Å². The summed E-state index contributed by atoms with van der Waals surface area (Å²) in [6.45, 7) is -1.79. The Bertz CT molecular complexity index is 983. The van der Waals surface area contributed by atoms with Gasteiger partial charge in [-0.05, 0) is 31.0 Å². The number of benzene rings is 1. The molecule has 1 aliphatic heterocycles. The molecular formula is C20H20ClF2N5O3. The van der Waals surface area contributed by atoms with Crippen LogP contribution in [0, 0.1) is 0 Å². The Morgan fingerprint density at radius 1 is 1.23 bits per heavy atom. The average Bonchev–Trinajstić information content (AvgIpc) is 3.54.